The fourth-order valence-corrected chi connectivity index (χ4v) is 3.14. The fraction of sp³-hybridized carbons (Fsp3) is 0.471. The molecule has 1 saturated heterocycles. The number of likely N-dealkylation sites (tertiary alicyclic amines) is 1. The Labute approximate surface area is 151 Å². The number of rotatable bonds is 4. The molecular weight excluding hydrogens is 340 g/mol. The first-order valence-corrected chi connectivity index (χ1v) is 8.61. The van der Waals surface area contributed by atoms with E-state index in [1.165, 1.54) is 7.05 Å². The van der Waals surface area contributed by atoms with Crippen LogP contribution in [-0.2, 0) is 9.59 Å². The molecule has 0 saturated carbocycles. The third-order valence-corrected chi connectivity index (χ3v) is 4.59. The maximum atomic E-state index is 12.5. The van der Waals surface area contributed by atoms with Gasteiger partial charge < -0.3 is 25.0 Å². The Balaban J connectivity index is 1.45. The van der Waals surface area contributed by atoms with Crippen LogP contribution in [0.1, 0.15) is 12.8 Å². The van der Waals surface area contributed by atoms with Gasteiger partial charge in [0, 0.05) is 37.6 Å². The van der Waals surface area contributed by atoms with Crippen LogP contribution in [0.25, 0.3) is 0 Å². The largest absolute Gasteiger partial charge is 0.454 e. The maximum absolute atomic E-state index is 12.5. The number of ether oxygens (including phenoxy) is 2. The average Bonchev–Trinajstić information content (AvgIpc) is 3.09. The molecule has 4 N–H and O–H groups in total. The Morgan fingerprint density at radius 2 is 1.88 bits per heavy atom. The number of urea groups is 1. The summed E-state index contributed by atoms with van der Waals surface area (Å²) in [4.78, 5) is 36.4. The quantitative estimate of drug-likeness (QED) is 0.554. The summed E-state index contributed by atoms with van der Waals surface area (Å²) in [6, 6.07) is 4.81. The lowest BCUT2D eigenvalue weighted by atomic mass is 9.96. The van der Waals surface area contributed by atoms with E-state index in [4.69, 9.17) is 9.47 Å². The van der Waals surface area contributed by atoms with Gasteiger partial charge in [0.2, 0.25) is 12.7 Å². The van der Waals surface area contributed by atoms with Gasteiger partial charge in [0.1, 0.15) is 0 Å². The molecule has 3 rings (SSSR count). The minimum Gasteiger partial charge on any atom is -0.454 e. The summed E-state index contributed by atoms with van der Waals surface area (Å²) in [5, 5.41) is 7.51. The molecule has 1 aromatic rings. The zero-order valence-corrected chi connectivity index (χ0v) is 14.6. The monoisotopic (exact) mass is 363 g/mol. The summed E-state index contributed by atoms with van der Waals surface area (Å²) < 4.78 is 10.6. The second-order valence-electron chi connectivity index (χ2n) is 6.39. The second-order valence-corrected chi connectivity index (χ2v) is 6.39. The van der Waals surface area contributed by atoms with Crippen LogP contribution in [0.2, 0.25) is 0 Å². The molecule has 2 heterocycles. The molecule has 4 amide bonds. The normalized spacial score (nSPS) is 21.0. The highest BCUT2D eigenvalue weighted by Crippen LogP contribution is 2.34. The number of fused-ring (bicyclic) bond motifs is 1. The number of hydrogen-bond donors (Lipinski definition) is 4. The van der Waals surface area contributed by atoms with Gasteiger partial charge in [-0.2, -0.15) is 0 Å². The lowest BCUT2D eigenvalue weighted by molar-refractivity contribution is -0.897. The van der Waals surface area contributed by atoms with Gasteiger partial charge in [-0.3, -0.25) is 14.9 Å². The summed E-state index contributed by atoms with van der Waals surface area (Å²) in [7, 11) is 1.46. The minimum absolute atomic E-state index is 0.0299. The van der Waals surface area contributed by atoms with Crippen LogP contribution in [-0.4, -0.2) is 51.3 Å². The Hall–Kier alpha value is -2.81. The van der Waals surface area contributed by atoms with E-state index in [1.54, 1.807) is 18.2 Å². The average molecular weight is 363 g/mol. The maximum Gasteiger partial charge on any atom is 0.321 e. The second kappa shape index (κ2) is 8.05. The Kier molecular flexibility index (Phi) is 5.57. The van der Waals surface area contributed by atoms with Crippen molar-refractivity contribution in [1.29, 1.82) is 0 Å². The highest BCUT2D eigenvalue weighted by atomic mass is 16.7. The van der Waals surface area contributed by atoms with Gasteiger partial charge in [0.25, 0.3) is 5.91 Å². The molecule has 1 aromatic carbocycles. The van der Waals surface area contributed by atoms with Crippen molar-refractivity contribution in [3.05, 3.63) is 18.2 Å². The van der Waals surface area contributed by atoms with E-state index in [1.807, 2.05) is 0 Å². The van der Waals surface area contributed by atoms with Crippen LogP contribution in [0.3, 0.4) is 0 Å². The van der Waals surface area contributed by atoms with Crippen molar-refractivity contribution in [2.75, 3.05) is 38.8 Å². The van der Waals surface area contributed by atoms with E-state index in [0.29, 0.717) is 43.1 Å². The summed E-state index contributed by atoms with van der Waals surface area (Å²) in [6.45, 7) is 1.84. The number of anilines is 1. The van der Waals surface area contributed by atoms with E-state index in [-0.39, 0.29) is 31.1 Å². The SMILES string of the molecule is CNC(=O)NC(=O)C[NH+]1CCC(C(=O)Nc2ccc3c(c2)OCO3)CC1. The molecule has 9 nitrogen and oxygen atoms in total. The molecule has 2 aliphatic rings. The van der Waals surface area contributed by atoms with Crippen molar-refractivity contribution < 1.29 is 28.8 Å². The number of hydrogen-bond acceptors (Lipinski definition) is 5. The van der Waals surface area contributed by atoms with Crippen LogP contribution in [0.5, 0.6) is 11.5 Å². The first-order chi connectivity index (χ1) is 12.5. The molecule has 26 heavy (non-hydrogen) atoms. The fourth-order valence-electron chi connectivity index (χ4n) is 3.14. The van der Waals surface area contributed by atoms with E-state index in [0.717, 1.165) is 4.90 Å². The lowest BCUT2D eigenvalue weighted by Gasteiger charge is -2.28. The van der Waals surface area contributed by atoms with Crippen molar-refractivity contribution in [3.8, 4) is 11.5 Å². The molecule has 0 unspecified atom stereocenters. The smallest absolute Gasteiger partial charge is 0.321 e. The molecule has 140 valence electrons. The van der Waals surface area contributed by atoms with E-state index >= 15 is 0 Å². The molecule has 0 aromatic heterocycles. The molecule has 0 radical (unpaired) electrons. The number of imide groups is 1. The van der Waals surface area contributed by atoms with Gasteiger partial charge in [-0.15, -0.1) is 0 Å². The number of nitrogens with one attached hydrogen (secondary N) is 4. The number of carbonyl (C=O) groups is 3. The summed E-state index contributed by atoms with van der Waals surface area (Å²) >= 11 is 0. The molecule has 1 fully saturated rings. The number of quaternary nitrogens is 1. The van der Waals surface area contributed by atoms with Gasteiger partial charge in [-0.1, -0.05) is 0 Å². The molecule has 9 heteroatoms. The lowest BCUT2D eigenvalue weighted by Crippen LogP contribution is -3.14. The Morgan fingerprint density at radius 1 is 1.15 bits per heavy atom. The Morgan fingerprint density at radius 3 is 2.62 bits per heavy atom. The number of benzene rings is 1. The van der Waals surface area contributed by atoms with Gasteiger partial charge in [-0.05, 0) is 12.1 Å². The number of piperidine rings is 1. The van der Waals surface area contributed by atoms with Gasteiger partial charge >= 0.3 is 6.03 Å². The predicted octanol–water partition coefficient (Wildman–Crippen LogP) is -0.896. The number of carbonyl (C=O) groups excluding carboxylic acids is 3. The van der Waals surface area contributed by atoms with Crippen LogP contribution >= 0.6 is 0 Å². The van der Waals surface area contributed by atoms with Crippen LogP contribution < -0.4 is 30.3 Å². The van der Waals surface area contributed by atoms with Crippen molar-refractivity contribution in [1.82, 2.24) is 10.6 Å². The van der Waals surface area contributed by atoms with Crippen molar-refractivity contribution in [2.45, 2.75) is 12.8 Å². The van der Waals surface area contributed by atoms with E-state index in [2.05, 4.69) is 16.0 Å². The highest BCUT2D eigenvalue weighted by molar-refractivity contribution is 5.94. The molecule has 0 aliphatic carbocycles. The first kappa shape index (κ1) is 18.0. The topological polar surface area (TPSA) is 110 Å². The zero-order chi connectivity index (χ0) is 18.5. The van der Waals surface area contributed by atoms with Crippen molar-refractivity contribution >= 4 is 23.5 Å². The predicted molar refractivity (Wildman–Crippen MR) is 92.1 cm³/mol. The summed E-state index contributed by atoms with van der Waals surface area (Å²) in [5.74, 6) is 0.866. The number of amides is 4. The van der Waals surface area contributed by atoms with E-state index < -0.39 is 6.03 Å². The molecular formula is C17H23N4O5+. The molecule has 0 spiro atoms. The summed E-state index contributed by atoms with van der Waals surface area (Å²) in [6.07, 6.45) is 1.39. The van der Waals surface area contributed by atoms with Gasteiger partial charge in [0.15, 0.2) is 18.0 Å². The Bertz CT molecular complexity index is 700. The van der Waals surface area contributed by atoms with Crippen LogP contribution in [0.4, 0.5) is 10.5 Å². The summed E-state index contributed by atoms with van der Waals surface area (Å²) in [5.41, 5.74) is 0.680. The third kappa shape index (κ3) is 4.42. The molecule has 0 atom stereocenters. The van der Waals surface area contributed by atoms with Gasteiger partial charge in [-0.25, -0.2) is 4.79 Å². The highest BCUT2D eigenvalue weighted by Gasteiger charge is 2.29. The molecule has 0 bridgehead atoms. The standard InChI is InChI=1S/C17H22N4O5/c1-18-17(24)20-15(22)9-21-6-4-11(5-7-21)16(23)19-12-2-3-13-14(8-12)26-10-25-13/h2-3,8,11H,4-7,9-10H2,1H3,(H,19,23)(H2,18,20,22,24)/p+1. The zero-order valence-electron chi connectivity index (χ0n) is 14.6. The van der Waals surface area contributed by atoms with Crippen LogP contribution in [0, 0.1) is 5.92 Å². The first-order valence-electron chi connectivity index (χ1n) is 8.61. The van der Waals surface area contributed by atoms with Gasteiger partial charge in [0.05, 0.1) is 13.1 Å². The van der Waals surface area contributed by atoms with Crippen LogP contribution in [0.15, 0.2) is 18.2 Å². The minimum atomic E-state index is -0.507. The molecule has 2 aliphatic heterocycles. The third-order valence-electron chi connectivity index (χ3n) is 4.59. The van der Waals surface area contributed by atoms with Crippen molar-refractivity contribution in [3.63, 3.8) is 0 Å². The van der Waals surface area contributed by atoms with E-state index in [9.17, 15) is 14.4 Å². The van der Waals surface area contributed by atoms with Crippen molar-refractivity contribution in [2.24, 2.45) is 5.92 Å².